The molecule has 12 N–H and O–H groups in total. The maximum Gasteiger partial charge on any atom is 0.317 e. The molecule has 0 saturated heterocycles. The number of nitrogens with zero attached hydrogens (tertiary/aromatic N) is 1. The van der Waals surface area contributed by atoms with Gasteiger partial charge in [0.2, 0.25) is 0 Å². The van der Waals surface area contributed by atoms with E-state index in [-0.39, 0.29) is 32.8 Å². The molecule has 0 bridgehead atoms. The van der Waals surface area contributed by atoms with Gasteiger partial charge in [0.25, 0.3) is 0 Å². The maximum absolute atomic E-state index is 10.3. The number of carboxylic acid groups (broad SMARTS) is 3. The van der Waals surface area contributed by atoms with Gasteiger partial charge in [-0.3, -0.25) is 19.3 Å². The van der Waals surface area contributed by atoms with Crippen LogP contribution in [0, 0.1) is 0 Å². The van der Waals surface area contributed by atoms with E-state index in [1.54, 1.807) is 0 Å². The van der Waals surface area contributed by atoms with Crippen molar-refractivity contribution in [3.8, 4) is 0 Å². The lowest BCUT2D eigenvalue weighted by atomic mass is 10.3. The van der Waals surface area contributed by atoms with E-state index in [1.807, 2.05) is 0 Å². The summed E-state index contributed by atoms with van der Waals surface area (Å²) in [5.41, 5.74) is 14.3. The SMILES string of the molecule is NCCO.NCCO.NCCO.O=C(O)CCN(CC(=O)O)CC(=O)O. The number of hydrogen-bond donors (Lipinski definition) is 9. The largest absolute Gasteiger partial charge is 0.481 e. The summed E-state index contributed by atoms with van der Waals surface area (Å²) in [6.45, 7) is 0.382. The number of aliphatic hydroxyl groups is 3. The minimum Gasteiger partial charge on any atom is -0.481 e. The Morgan fingerprint density at radius 2 is 0.923 bits per heavy atom. The lowest BCUT2D eigenvalue weighted by molar-refractivity contribution is -0.144. The van der Waals surface area contributed by atoms with Crippen LogP contribution in [-0.2, 0) is 14.4 Å². The van der Waals surface area contributed by atoms with Crippen LogP contribution in [0.2, 0.25) is 0 Å². The first kappa shape index (κ1) is 31.9. The van der Waals surface area contributed by atoms with Crippen molar-refractivity contribution in [2.75, 3.05) is 59.1 Å². The van der Waals surface area contributed by atoms with Gasteiger partial charge in [0.15, 0.2) is 0 Å². The highest BCUT2D eigenvalue weighted by Crippen LogP contribution is 1.92. The zero-order valence-electron chi connectivity index (χ0n) is 14.7. The first-order valence-electron chi connectivity index (χ1n) is 7.47. The van der Waals surface area contributed by atoms with Crippen LogP contribution in [0.4, 0.5) is 0 Å². The van der Waals surface area contributed by atoms with Crippen molar-refractivity contribution in [1.82, 2.24) is 4.90 Å². The molecule has 0 aromatic carbocycles. The molecule has 0 aliphatic carbocycles. The Hall–Kier alpha value is -1.87. The predicted molar refractivity (Wildman–Crippen MR) is 92.4 cm³/mol. The number of carboxylic acids is 3. The average Bonchev–Trinajstić information content (AvgIpc) is 2.59. The molecule has 0 atom stereocenters. The fourth-order valence-corrected chi connectivity index (χ4v) is 0.850. The molecule has 0 aromatic rings. The van der Waals surface area contributed by atoms with E-state index in [4.69, 9.17) is 47.8 Å². The molecule has 0 unspecified atom stereocenters. The number of carbonyl (C=O) groups is 3. The van der Waals surface area contributed by atoms with Gasteiger partial charge in [-0.2, -0.15) is 0 Å². The van der Waals surface area contributed by atoms with E-state index >= 15 is 0 Å². The third kappa shape index (κ3) is 49.5. The van der Waals surface area contributed by atoms with E-state index in [0.717, 1.165) is 4.90 Å². The van der Waals surface area contributed by atoms with Gasteiger partial charge in [-0.05, 0) is 0 Å². The van der Waals surface area contributed by atoms with Crippen molar-refractivity contribution in [2.24, 2.45) is 17.2 Å². The third-order valence-corrected chi connectivity index (χ3v) is 1.75. The third-order valence-electron chi connectivity index (χ3n) is 1.75. The monoisotopic (exact) mass is 388 g/mol. The molecule has 0 fully saturated rings. The van der Waals surface area contributed by atoms with Gasteiger partial charge < -0.3 is 47.8 Å². The smallest absolute Gasteiger partial charge is 0.317 e. The van der Waals surface area contributed by atoms with Crippen LogP contribution in [0.15, 0.2) is 0 Å². The average molecular weight is 388 g/mol. The summed E-state index contributed by atoms with van der Waals surface area (Å²) in [6, 6.07) is 0. The van der Waals surface area contributed by atoms with Gasteiger partial charge >= 0.3 is 17.9 Å². The first-order chi connectivity index (χ1) is 12.2. The lowest BCUT2D eigenvalue weighted by Gasteiger charge is -2.16. The number of rotatable bonds is 10. The summed E-state index contributed by atoms with van der Waals surface area (Å²) in [7, 11) is 0. The van der Waals surface area contributed by atoms with Crippen LogP contribution in [0.5, 0.6) is 0 Å². The summed E-state index contributed by atoms with van der Waals surface area (Å²) in [6.07, 6.45) is -0.277. The van der Waals surface area contributed by atoms with E-state index in [0.29, 0.717) is 19.6 Å². The number of aliphatic carboxylic acids is 3. The second kappa shape index (κ2) is 28.0. The molecule has 13 heteroatoms. The summed E-state index contributed by atoms with van der Waals surface area (Å²) in [5.74, 6) is -3.46. The molecule has 0 rings (SSSR count). The molecule has 0 amide bonds. The number of nitrogens with two attached hydrogens (primary N) is 3. The highest BCUT2D eigenvalue weighted by atomic mass is 16.4. The van der Waals surface area contributed by atoms with Gasteiger partial charge in [0.05, 0.1) is 39.3 Å². The zero-order valence-corrected chi connectivity index (χ0v) is 14.7. The van der Waals surface area contributed by atoms with Crippen LogP contribution in [0.25, 0.3) is 0 Å². The molecule has 26 heavy (non-hydrogen) atoms. The maximum atomic E-state index is 10.3. The zero-order chi connectivity index (χ0) is 21.4. The normalized spacial score (nSPS) is 8.88. The highest BCUT2D eigenvalue weighted by molar-refractivity contribution is 5.73. The molecule has 0 aliphatic rings. The minimum absolute atomic E-state index is 0.0894. The lowest BCUT2D eigenvalue weighted by Crippen LogP contribution is -2.35. The highest BCUT2D eigenvalue weighted by Gasteiger charge is 2.14. The van der Waals surface area contributed by atoms with E-state index in [9.17, 15) is 14.4 Å². The Morgan fingerprint density at radius 1 is 0.654 bits per heavy atom. The van der Waals surface area contributed by atoms with Gasteiger partial charge in [-0.25, -0.2) is 0 Å². The fourth-order valence-electron chi connectivity index (χ4n) is 0.850. The summed E-state index contributed by atoms with van der Waals surface area (Å²) >= 11 is 0. The second-order valence-corrected chi connectivity index (χ2v) is 4.18. The van der Waals surface area contributed by atoms with Crippen molar-refractivity contribution in [2.45, 2.75) is 6.42 Å². The quantitative estimate of drug-likeness (QED) is 0.172. The van der Waals surface area contributed by atoms with Crippen molar-refractivity contribution in [3.63, 3.8) is 0 Å². The van der Waals surface area contributed by atoms with Crippen molar-refractivity contribution in [3.05, 3.63) is 0 Å². The molecule has 0 spiro atoms. The van der Waals surface area contributed by atoms with Crippen LogP contribution < -0.4 is 17.2 Å². The fraction of sp³-hybridized carbons (Fsp3) is 0.769. The summed E-state index contributed by atoms with van der Waals surface area (Å²) < 4.78 is 0. The van der Waals surface area contributed by atoms with Crippen LogP contribution in [-0.4, -0.2) is 113 Å². The molecule has 0 aromatic heterocycles. The van der Waals surface area contributed by atoms with Crippen LogP contribution in [0.1, 0.15) is 6.42 Å². The van der Waals surface area contributed by atoms with E-state index < -0.39 is 31.0 Å². The Bertz CT molecular complexity index is 301. The minimum atomic E-state index is -1.18. The molecular formula is C13H32N4O9. The predicted octanol–water partition coefficient (Wildman–Crippen LogP) is -4.26. The van der Waals surface area contributed by atoms with Crippen molar-refractivity contribution >= 4 is 17.9 Å². The first-order valence-corrected chi connectivity index (χ1v) is 7.47. The molecule has 13 nitrogen and oxygen atoms in total. The summed E-state index contributed by atoms with van der Waals surface area (Å²) in [4.78, 5) is 31.7. The Labute approximate surface area is 151 Å². The van der Waals surface area contributed by atoms with E-state index in [2.05, 4.69) is 0 Å². The van der Waals surface area contributed by atoms with Crippen LogP contribution >= 0.6 is 0 Å². The molecule has 0 heterocycles. The van der Waals surface area contributed by atoms with Gasteiger partial charge in [-0.15, -0.1) is 0 Å². The second-order valence-electron chi connectivity index (χ2n) is 4.18. The molecule has 0 radical (unpaired) electrons. The standard InChI is InChI=1S/C7H11NO6.3C2H7NO/c9-5(10)1-2-8(3-6(11)12)4-7(13)14;3*3-1-2-4/h1-4H2,(H,9,10)(H,11,12)(H,13,14);3*4H,1-3H2. The van der Waals surface area contributed by atoms with Crippen molar-refractivity contribution < 1.29 is 45.0 Å². The van der Waals surface area contributed by atoms with Gasteiger partial charge in [-0.1, -0.05) is 0 Å². The summed E-state index contributed by atoms with van der Waals surface area (Å²) in [5, 5.41) is 48.3. The Balaban J connectivity index is -0.000000164. The van der Waals surface area contributed by atoms with Crippen LogP contribution in [0.3, 0.4) is 0 Å². The number of hydrogen-bond acceptors (Lipinski definition) is 10. The molecular weight excluding hydrogens is 356 g/mol. The Morgan fingerprint density at radius 3 is 1.08 bits per heavy atom. The molecule has 0 saturated carbocycles. The van der Waals surface area contributed by atoms with Crippen molar-refractivity contribution in [1.29, 1.82) is 0 Å². The topological polar surface area (TPSA) is 254 Å². The molecule has 0 aliphatic heterocycles. The number of aliphatic hydroxyl groups excluding tert-OH is 3. The Kier molecular flexibility index (Phi) is 34.3. The molecule has 158 valence electrons. The van der Waals surface area contributed by atoms with Gasteiger partial charge in [0.1, 0.15) is 0 Å². The van der Waals surface area contributed by atoms with E-state index in [1.165, 1.54) is 0 Å². The van der Waals surface area contributed by atoms with Gasteiger partial charge in [0, 0.05) is 26.2 Å².